The third-order valence-electron chi connectivity index (χ3n) is 4.06. The zero-order valence-electron chi connectivity index (χ0n) is 15.3. The van der Waals surface area contributed by atoms with Crippen LogP contribution >= 0.6 is 0 Å². The number of carbonyl (C=O) groups excluding carboxylic acids is 1. The van der Waals surface area contributed by atoms with Crippen LogP contribution in [0.1, 0.15) is 21.5 Å². The van der Waals surface area contributed by atoms with Gasteiger partial charge in [-0.2, -0.15) is 5.10 Å². The first-order chi connectivity index (χ1) is 13.3. The lowest BCUT2D eigenvalue weighted by Gasteiger charge is -2.27. The van der Waals surface area contributed by atoms with Gasteiger partial charge in [-0.15, -0.1) is 0 Å². The molecule has 1 unspecified atom stereocenters. The molecule has 3 aromatic rings. The number of hydrogen-bond acceptors (Lipinski definition) is 4. The minimum atomic E-state index is -2.77. The first kappa shape index (κ1) is 19.7. The molecule has 0 aliphatic heterocycles. The van der Waals surface area contributed by atoms with Crippen LogP contribution in [0.4, 0.5) is 15.8 Å². The Morgan fingerprint density at radius 2 is 2.00 bits per heavy atom. The molecule has 0 saturated heterocycles. The van der Waals surface area contributed by atoms with Gasteiger partial charge in [0.2, 0.25) is 0 Å². The molecule has 1 heterocycles. The topological polar surface area (TPSA) is 90.3 Å². The molecule has 3 rings (SSSR count). The minimum Gasteiger partial charge on any atom is -0.755 e. The van der Waals surface area contributed by atoms with Crippen LogP contribution in [0, 0.1) is 12.7 Å². The summed E-state index contributed by atoms with van der Waals surface area (Å²) in [6.45, 7) is 2.10. The Hall–Kier alpha value is -3.04. The van der Waals surface area contributed by atoms with Crippen molar-refractivity contribution in [1.29, 1.82) is 0 Å². The van der Waals surface area contributed by atoms with E-state index in [1.165, 1.54) is 12.1 Å². The molecule has 0 saturated carbocycles. The monoisotopic (exact) mass is 401 g/mol. The third kappa shape index (κ3) is 4.44. The highest BCUT2D eigenvalue weighted by Crippen LogP contribution is 2.30. The third-order valence-corrected chi connectivity index (χ3v) is 4.76. The molecule has 0 aliphatic rings. The summed E-state index contributed by atoms with van der Waals surface area (Å²) >= 11 is -2.77. The summed E-state index contributed by atoms with van der Waals surface area (Å²) in [6, 6.07) is 10.2. The molecule has 7 nitrogen and oxygen atoms in total. The Morgan fingerprint density at radius 3 is 2.61 bits per heavy atom. The summed E-state index contributed by atoms with van der Waals surface area (Å²) in [6.07, 6.45) is 3.38. The average molecular weight is 401 g/mol. The number of nitrogens with zero attached hydrogens (tertiary/aromatic N) is 3. The molecule has 2 aromatic carbocycles. The molecule has 0 bridgehead atoms. The number of halogens is 1. The van der Waals surface area contributed by atoms with E-state index >= 15 is 0 Å². The molecule has 1 N–H and O–H groups in total. The number of anilines is 2. The normalized spacial score (nSPS) is 11.9. The van der Waals surface area contributed by atoms with Gasteiger partial charge < -0.3 is 9.87 Å². The van der Waals surface area contributed by atoms with Gasteiger partial charge in [-0.3, -0.25) is 18.0 Å². The van der Waals surface area contributed by atoms with Crippen molar-refractivity contribution in [3.05, 3.63) is 77.4 Å². The first-order valence-electron chi connectivity index (χ1n) is 8.36. The second-order valence-electron chi connectivity index (χ2n) is 6.22. The van der Waals surface area contributed by atoms with Gasteiger partial charge in [0.25, 0.3) is 5.91 Å². The summed E-state index contributed by atoms with van der Waals surface area (Å²) in [4.78, 5) is 12.4. The highest BCUT2D eigenvalue weighted by Gasteiger charge is 2.18. The van der Waals surface area contributed by atoms with Crippen molar-refractivity contribution >= 4 is 28.5 Å². The van der Waals surface area contributed by atoms with E-state index in [0.29, 0.717) is 0 Å². The van der Waals surface area contributed by atoms with E-state index in [2.05, 4.69) is 10.4 Å². The number of nitrogens with one attached hydrogen (secondary N) is 1. The molecule has 0 fully saturated rings. The molecule has 28 heavy (non-hydrogen) atoms. The van der Waals surface area contributed by atoms with Crippen molar-refractivity contribution in [2.24, 2.45) is 7.05 Å². The van der Waals surface area contributed by atoms with Gasteiger partial charge in [0.15, 0.2) is 0 Å². The van der Waals surface area contributed by atoms with E-state index in [-0.39, 0.29) is 23.5 Å². The van der Waals surface area contributed by atoms with Crippen LogP contribution in [0.3, 0.4) is 0 Å². The largest absolute Gasteiger partial charge is 0.755 e. The second kappa shape index (κ2) is 8.32. The second-order valence-corrected chi connectivity index (χ2v) is 7.02. The molecule has 0 spiro atoms. The molecule has 1 amide bonds. The molecular formula is C19H18FN4O3S-. The summed E-state index contributed by atoms with van der Waals surface area (Å²) in [7, 11) is 1.76. The number of benzene rings is 2. The fourth-order valence-electron chi connectivity index (χ4n) is 2.64. The quantitative estimate of drug-likeness (QED) is 0.643. The lowest BCUT2D eigenvalue weighted by Crippen LogP contribution is -2.24. The van der Waals surface area contributed by atoms with E-state index in [1.54, 1.807) is 48.4 Å². The number of hydrogen-bond donors (Lipinski definition) is 1. The number of rotatable bonds is 6. The van der Waals surface area contributed by atoms with E-state index < -0.39 is 23.0 Å². The molecule has 146 valence electrons. The summed E-state index contributed by atoms with van der Waals surface area (Å²) in [5.74, 6) is -1.21. The lowest BCUT2D eigenvalue weighted by molar-refractivity contribution is 0.0951. The first-order valence-corrected chi connectivity index (χ1v) is 9.40. The molecule has 1 aromatic heterocycles. The van der Waals surface area contributed by atoms with Gasteiger partial charge in [0, 0.05) is 30.9 Å². The predicted octanol–water partition coefficient (Wildman–Crippen LogP) is 2.73. The fourth-order valence-corrected chi connectivity index (χ4v) is 3.24. The maximum absolute atomic E-state index is 14.4. The Morgan fingerprint density at radius 1 is 1.29 bits per heavy atom. The number of carbonyl (C=O) groups is 1. The van der Waals surface area contributed by atoms with Crippen LogP contribution in [0.25, 0.3) is 0 Å². The summed E-state index contributed by atoms with van der Waals surface area (Å²) < 4.78 is 40.4. The zero-order valence-corrected chi connectivity index (χ0v) is 16.1. The van der Waals surface area contributed by atoms with Crippen LogP contribution in [0.5, 0.6) is 0 Å². The maximum atomic E-state index is 14.4. The standard InChI is InChI=1S/C19H19FN4O3S/c1-13-3-6-16(7-4-13)24(28(26)27)18-9-15(5-8-17(18)20)19(25)21-10-14-11-22-23(2)12-14/h3-9,11-12H,10H2,1-2H3,(H,21,25)(H,26,27)/p-1. The van der Waals surface area contributed by atoms with Crippen LogP contribution < -0.4 is 9.62 Å². The van der Waals surface area contributed by atoms with Gasteiger partial charge in [-0.05, 0) is 37.3 Å². The Bertz CT molecular complexity index is 1020. The molecule has 9 heteroatoms. The predicted molar refractivity (Wildman–Crippen MR) is 103 cm³/mol. The minimum absolute atomic E-state index is 0.142. The van der Waals surface area contributed by atoms with Gasteiger partial charge in [-0.1, -0.05) is 17.7 Å². The SMILES string of the molecule is Cc1ccc(N(c2cc(C(=O)NCc3cnn(C)c3)ccc2F)S(=O)[O-])cc1. The van der Waals surface area contributed by atoms with Crippen LogP contribution in [0.15, 0.2) is 54.9 Å². The van der Waals surface area contributed by atoms with Crippen LogP contribution in [-0.4, -0.2) is 24.4 Å². The van der Waals surface area contributed by atoms with Gasteiger partial charge in [0.05, 0.1) is 28.8 Å². The highest BCUT2D eigenvalue weighted by molar-refractivity contribution is 7.81. The maximum Gasteiger partial charge on any atom is 0.251 e. The van der Waals surface area contributed by atoms with E-state index in [0.717, 1.165) is 21.5 Å². The van der Waals surface area contributed by atoms with Crippen LogP contribution in [0.2, 0.25) is 0 Å². The van der Waals surface area contributed by atoms with Crippen molar-refractivity contribution in [1.82, 2.24) is 15.1 Å². The van der Waals surface area contributed by atoms with E-state index in [1.807, 2.05) is 6.92 Å². The Labute approximate surface area is 164 Å². The van der Waals surface area contributed by atoms with E-state index in [4.69, 9.17) is 0 Å². The summed E-state index contributed by atoms with van der Waals surface area (Å²) in [5.41, 5.74) is 1.92. The van der Waals surface area contributed by atoms with Crippen molar-refractivity contribution in [2.45, 2.75) is 13.5 Å². The zero-order chi connectivity index (χ0) is 20.3. The van der Waals surface area contributed by atoms with Crippen molar-refractivity contribution in [2.75, 3.05) is 4.31 Å². The van der Waals surface area contributed by atoms with Crippen molar-refractivity contribution in [3.63, 3.8) is 0 Å². The van der Waals surface area contributed by atoms with Gasteiger partial charge >= 0.3 is 0 Å². The molecule has 0 radical (unpaired) electrons. The molecular weight excluding hydrogens is 383 g/mol. The van der Waals surface area contributed by atoms with Crippen molar-refractivity contribution < 1.29 is 17.9 Å². The average Bonchev–Trinajstić information content (AvgIpc) is 3.08. The lowest BCUT2D eigenvalue weighted by atomic mass is 10.1. The van der Waals surface area contributed by atoms with Gasteiger partial charge in [0.1, 0.15) is 5.82 Å². The van der Waals surface area contributed by atoms with Crippen LogP contribution in [-0.2, 0) is 24.9 Å². The van der Waals surface area contributed by atoms with Gasteiger partial charge in [-0.25, -0.2) is 4.39 Å². The highest BCUT2D eigenvalue weighted by atomic mass is 32.2. The molecule has 1 atom stereocenters. The number of amides is 1. The van der Waals surface area contributed by atoms with Crippen molar-refractivity contribution in [3.8, 4) is 0 Å². The fraction of sp³-hybridized carbons (Fsp3) is 0.158. The Kier molecular flexibility index (Phi) is 5.86. The Balaban J connectivity index is 1.87. The number of aryl methyl sites for hydroxylation is 2. The smallest absolute Gasteiger partial charge is 0.251 e. The van der Waals surface area contributed by atoms with E-state index in [9.17, 15) is 17.9 Å². The summed E-state index contributed by atoms with van der Waals surface area (Å²) in [5, 5.41) is 6.72. The number of aromatic nitrogens is 2. The molecule has 0 aliphatic carbocycles.